The second-order valence-corrected chi connectivity index (χ2v) is 4.67. The van der Waals surface area contributed by atoms with Gasteiger partial charge in [0.1, 0.15) is 0 Å². The monoisotopic (exact) mass is 309 g/mol. The Kier molecular flexibility index (Phi) is 6.22. The third-order valence-electron chi connectivity index (χ3n) is 2.10. The summed E-state index contributed by atoms with van der Waals surface area (Å²) >= 11 is 3.27. The summed E-state index contributed by atoms with van der Waals surface area (Å²) in [6.07, 6.45) is 1.45. The van der Waals surface area contributed by atoms with E-state index in [1.54, 1.807) is 6.92 Å². The molecule has 0 aromatic heterocycles. The summed E-state index contributed by atoms with van der Waals surface area (Å²) < 4.78 is 5.72. The molecule has 0 radical (unpaired) electrons. The lowest BCUT2D eigenvalue weighted by Crippen LogP contribution is -2.15. The number of carbonyl (C=O) groups is 1. The maximum atomic E-state index is 11.5. The van der Waals surface area contributed by atoms with Gasteiger partial charge in [0.25, 0.3) is 0 Å². The molecule has 0 aliphatic carbocycles. The van der Waals surface area contributed by atoms with Gasteiger partial charge in [0.05, 0.1) is 6.61 Å². The fraction of sp³-hybridized carbons (Fsp3) is 0.214. The van der Waals surface area contributed by atoms with Crippen LogP contribution in [0.2, 0.25) is 0 Å². The molecule has 96 valence electrons. The average Bonchev–Trinajstić information content (AvgIpc) is 2.35. The van der Waals surface area contributed by atoms with Gasteiger partial charge in [-0.25, -0.2) is 4.79 Å². The van der Waals surface area contributed by atoms with Crippen molar-refractivity contribution in [3.05, 3.63) is 53.0 Å². The molecule has 0 heterocycles. The van der Waals surface area contributed by atoms with Crippen LogP contribution in [0.1, 0.15) is 12.5 Å². The number of hydrogen-bond acceptors (Lipinski definition) is 3. The molecule has 0 spiro atoms. The molecule has 3 nitrogen and oxygen atoms in total. The zero-order valence-corrected chi connectivity index (χ0v) is 11.9. The van der Waals surface area contributed by atoms with E-state index in [0.717, 1.165) is 15.7 Å². The van der Waals surface area contributed by atoms with Crippen molar-refractivity contribution in [1.82, 2.24) is 5.32 Å². The van der Waals surface area contributed by atoms with E-state index in [-0.39, 0.29) is 5.97 Å². The molecular weight excluding hydrogens is 294 g/mol. The van der Waals surface area contributed by atoms with Crippen molar-refractivity contribution in [3.8, 4) is 0 Å². The smallest absolute Gasteiger partial charge is 0.332 e. The Labute approximate surface area is 116 Å². The zero-order valence-electron chi connectivity index (χ0n) is 10.3. The van der Waals surface area contributed by atoms with Gasteiger partial charge in [0, 0.05) is 22.8 Å². The molecule has 1 N–H and O–H groups in total. The van der Waals surface area contributed by atoms with Gasteiger partial charge in [-0.15, -0.1) is 0 Å². The average molecular weight is 310 g/mol. The van der Waals surface area contributed by atoms with Crippen molar-refractivity contribution in [1.29, 1.82) is 0 Å². The van der Waals surface area contributed by atoms with E-state index in [0.29, 0.717) is 13.2 Å². The van der Waals surface area contributed by atoms with E-state index >= 15 is 0 Å². The lowest BCUT2D eigenvalue weighted by Gasteiger charge is -2.10. The second-order valence-electron chi connectivity index (χ2n) is 3.55. The van der Waals surface area contributed by atoms with Crippen molar-refractivity contribution in [2.45, 2.75) is 6.92 Å². The van der Waals surface area contributed by atoms with Gasteiger partial charge in [0.15, 0.2) is 0 Å². The first-order valence-corrected chi connectivity index (χ1v) is 6.43. The van der Waals surface area contributed by atoms with Crippen molar-refractivity contribution < 1.29 is 9.53 Å². The van der Waals surface area contributed by atoms with E-state index in [4.69, 9.17) is 4.74 Å². The van der Waals surface area contributed by atoms with Crippen LogP contribution in [-0.4, -0.2) is 19.1 Å². The Morgan fingerprint density at radius 1 is 1.44 bits per heavy atom. The quantitative estimate of drug-likeness (QED) is 0.648. The van der Waals surface area contributed by atoms with E-state index in [2.05, 4.69) is 27.8 Å². The summed E-state index contributed by atoms with van der Waals surface area (Å²) in [6.45, 7) is 6.43. The topological polar surface area (TPSA) is 38.3 Å². The Hall–Kier alpha value is -1.55. The molecule has 0 saturated carbocycles. The molecule has 0 saturated heterocycles. The Bertz CT molecular complexity index is 440. The first-order chi connectivity index (χ1) is 8.63. The lowest BCUT2D eigenvalue weighted by atomic mass is 10.1. The maximum absolute atomic E-state index is 11.5. The van der Waals surface area contributed by atoms with Crippen LogP contribution in [0.4, 0.5) is 0 Å². The van der Waals surface area contributed by atoms with Gasteiger partial charge in [-0.2, -0.15) is 0 Å². The van der Waals surface area contributed by atoms with Crippen LogP contribution in [0.25, 0.3) is 5.70 Å². The Morgan fingerprint density at radius 3 is 2.67 bits per heavy atom. The molecular formula is C14H16BrNO2. The summed E-state index contributed by atoms with van der Waals surface area (Å²) in [5.41, 5.74) is 1.65. The molecule has 1 aromatic carbocycles. The van der Waals surface area contributed by atoms with E-state index < -0.39 is 0 Å². The molecule has 0 fully saturated rings. The largest absolute Gasteiger partial charge is 0.463 e. The summed E-state index contributed by atoms with van der Waals surface area (Å²) in [7, 11) is 0. The van der Waals surface area contributed by atoms with Crippen molar-refractivity contribution in [3.63, 3.8) is 0 Å². The third-order valence-corrected chi connectivity index (χ3v) is 2.38. The van der Waals surface area contributed by atoms with E-state index in [9.17, 15) is 4.79 Å². The summed E-state index contributed by atoms with van der Waals surface area (Å²) in [5, 5.41) is 3.14. The highest BCUT2D eigenvalue weighted by atomic mass is 79.9. The number of carbonyl (C=O) groups excluding carboxylic acids is 1. The van der Waals surface area contributed by atoms with Crippen LogP contribution < -0.4 is 5.32 Å². The molecule has 1 aromatic rings. The van der Waals surface area contributed by atoms with E-state index in [1.165, 1.54) is 6.08 Å². The van der Waals surface area contributed by atoms with Crippen LogP contribution in [0, 0.1) is 0 Å². The maximum Gasteiger partial charge on any atom is 0.332 e. The summed E-state index contributed by atoms with van der Waals surface area (Å²) in [6, 6.07) is 9.61. The predicted octanol–water partition coefficient (Wildman–Crippen LogP) is 3.09. The predicted molar refractivity (Wildman–Crippen MR) is 77.1 cm³/mol. The number of hydrogen-bond donors (Lipinski definition) is 1. The van der Waals surface area contributed by atoms with Crippen molar-refractivity contribution >= 4 is 27.6 Å². The van der Waals surface area contributed by atoms with Gasteiger partial charge < -0.3 is 10.1 Å². The van der Waals surface area contributed by atoms with Crippen LogP contribution in [0.15, 0.2) is 47.5 Å². The molecule has 0 unspecified atom stereocenters. The minimum atomic E-state index is -0.357. The van der Waals surface area contributed by atoms with Gasteiger partial charge in [0.2, 0.25) is 0 Å². The number of benzene rings is 1. The van der Waals surface area contributed by atoms with Gasteiger partial charge in [-0.1, -0.05) is 52.8 Å². The molecule has 1 rings (SSSR count). The highest BCUT2D eigenvalue weighted by Crippen LogP contribution is 2.12. The molecule has 0 bridgehead atoms. The van der Waals surface area contributed by atoms with E-state index in [1.807, 2.05) is 30.3 Å². The Morgan fingerprint density at radius 2 is 2.11 bits per heavy atom. The van der Waals surface area contributed by atoms with Gasteiger partial charge in [-0.3, -0.25) is 0 Å². The summed E-state index contributed by atoms with van der Waals surface area (Å²) in [4.78, 5) is 11.5. The number of halogens is 1. The second kappa shape index (κ2) is 7.71. The summed E-state index contributed by atoms with van der Waals surface area (Å²) in [5.74, 6) is -0.357. The van der Waals surface area contributed by atoms with Crippen LogP contribution in [0.3, 0.4) is 0 Å². The number of esters is 1. The highest BCUT2D eigenvalue weighted by molar-refractivity contribution is 9.11. The van der Waals surface area contributed by atoms with Crippen LogP contribution >= 0.6 is 15.9 Å². The van der Waals surface area contributed by atoms with Gasteiger partial charge in [-0.05, 0) is 12.5 Å². The standard InChI is InChI=1S/C14H16BrNO2/c1-3-18-14(17)9-13(16-10-11(2)15)12-7-5-4-6-8-12/h4-9,16H,2-3,10H2,1H3/b13-9+. The molecule has 0 aliphatic rings. The minimum Gasteiger partial charge on any atom is -0.463 e. The SMILES string of the molecule is C=C(Br)CN/C(=C/C(=O)OCC)c1ccccc1. The normalized spacial score (nSPS) is 10.9. The van der Waals surface area contributed by atoms with Crippen LogP contribution in [-0.2, 0) is 9.53 Å². The minimum absolute atomic E-state index is 0.357. The lowest BCUT2D eigenvalue weighted by molar-refractivity contribution is -0.137. The van der Waals surface area contributed by atoms with Crippen LogP contribution in [0.5, 0.6) is 0 Å². The molecule has 0 amide bonds. The number of nitrogens with one attached hydrogen (secondary N) is 1. The number of ether oxygens (including phenoxy) is 1. The van der Waals surface area contributed by atoms with Crippen molar-refractivity contribution in [2.24, 2.45) is 0 Å². The molecule has 4 heteroatoms. The zero-order chi connectivity index (χ0) is 13.4. The molecule has 18 heavy (non-hydrogen) atoms. The third kappa shape index (κ3) is 5.19. The number of rotatable bonds is 6. The highest BCUT2D eigenvalue weighted by Gasteiger charge is 2.05. The molecule has 0 aliphatic heterocycles. The molecule has 0 atom stereocenters. The fourth-order valence-electron chi connectivity index (χ4n) is 1.35. The first kappa shape index (κ1) is 14.5. The van der Waals surface area contributed by atoms with Gasteiger partial charge >= 0.3 is 5.97 Å². The fourth-order valence-corrected chi connectivity index (χ4v) is 1.49. The first-order valence-electron chi connectivity index (χ1n) is 5.64. The Balaban J connectivity index is 2.88. The van der Waals surface area contributed by atoms with Crippen molar-refractivity contribution in [2.75, 3.05) is 13.2 Å².